The number of anilines is 1. The lowest BCUT2D eigenvalue weighted by Gasteiger charge is -2.06. The van der Waals surface area contributed by atoms with Crippen LogP contribution >= 0.6 is 0 Å². The van der Waals surface area contributed by atoms with Gasteiger partial charge in [-0.25, -0.2) is 0 Å². The quantitative estimate of drug-likeness (QED) is 0.420. The van der Waals surface area contributed by atoms with Crippen LogP contribution in [0.1, 0.15) is 0 Å². The lowest BCUT2D eigenvalue weighted by molar-refractivity contribution is -0.0498. The van der Waals surface area contributed by atoms with E-state index in [2.05, 4.69) is 15.3 Å². The Labute approximate surface area is 101 Å². The molecule has 0 fully saturated rings. The molecule has 0 bridgehead atoms. The number of nitrogens with one attached hydrogen (secondary N) is 2. The van der Waals surface area contributed by atoms with Gasteiger partial charge in [0.15, 0.2) is 5.84 Å². The minimum absolute atomic E-state index is 0.0495. The molecule has 0 aliphatic heterocycles. The molecule has 0 radical (unpaired) electrons. The highest BCUT2D eigenvalue weighted by Crippen LogP contribution is 2.19. The Morgan fingerprint density at radius 2 is 2.28 bits per heavy atom. The van der Waals surface area contributed by atoms with Crippen LogP contribution in [-0.4, -0.2) is 18.2 Å². The molecule has 0 heterocycles. The second-order valence-electron chi connectivity index (χ2n) is 3.00. The van der Waals surface area contributed by atoms with Gasteiger partial charge in [-0.1, -0.05) is 6.07 Å². The normalized spacial score (nSPS) is 10.9. The van der Waals surface area contributed by atoms with Crippen molar-refractivity contribution in [2.24, 2.45) is 10.8 Å². The van der Waals surface area contributed by atoms with E-state index in [-0.39, 0.29) is 11.5 Å². The van der Waals surface area contributed by atoms with Gasteiger partial charge in [-0.15, -0.1) is 0 Å². The average molecular weight is 253 g/mol. The number of hydrogen-bond donors (Lipinski definition) is 3. The molecule has 18 heavy (non-hydrogen) atoms. The monoisotopic (exact) mass is 253 g/mol. The van der Waals surface area contributed by atoms with E-state index >= 15 is 0 Å². The number of ether oxygens (including phenoxy) is 1. The van der Waals surface area contributed by atoms with Crippen molar-refractivity contribution in [2.75, 3.05) is 5.43 Å². The lowest BCUT2D eigenvalue weighted by Crippen LogP contribution is -2.21. The summed E-state index contributed by atoms with van der Waals surface area (Å²) in [4.78, 5) is 0. The predicted molar refractivity (Wildman–Crippen MR) is 61.7 cm³/mol. The van der Waals surface area contributed by atoms with Crippen molar-refractivity contribution >= 4 is 17.2 Å². The zero-order valence-corrected chi connectivity index (χ0v) is 9.02. The fourth-order valence-corrected chi connectivity index (χ4v) is 1.01. The molecule has 1 rings (SSSR count). The summed E-state index contributed by atoms with van der Waals surface area (Å²) < 4.78 is 28.1. The first-order valence-corrected chi connectivity index (χ1v) is 4.66. The van der Waals surface area contributed by atoms with Crippen LogP contribution < -0.4 is 15.9 Å². The molecule has 1 aromatic rings. The number of nitriles is 1. The van der Waals surface area contributed by atoms with Crippen molar-refractivity contribution in [2.45, 2.75) is 6.61 Å². The first kappa shape index (κ1) is 13.4. The number of amidine groups is 1. The van der Waals surface area contributed by atoms with Gasteiger partial charge in [0, 0.05) is 6.07 Å². The molecule has 8 heteroatoms. The molecule has 0 amide bonds. The highest BCUT2D eigenvalue weighted by atomic mass is 19.3. The van der Waals surface area contributed by atoms with Crippen LogP contribution in [0.5, 0.6) is 5.75 Å². The van der Waals surface area contributed by atoms with Crippen molar-refractivity contribution in [3.05, 3.63) is 24.3 Å². The van der Waals surface area contributed by atoms with Crippen LogP contribution in [0.15, 0.2) is 29.4 Å². The Morgan fingerprint density at radius 1 is 1.56 bits per heavy atom. The second-order valence-corrected chi connectivity index (χ2v) is 3.00. The maximum absolute atomic E-state index is 12.0. The van der Waals surface area contributed by atoms with Crippen molar-refractivity contribution in [1.82, 2.24) is 0 Å². The van der Waals surface area contributed by atoms with E-state index in [1.54, 1.807) is 6.07 Å². The summed E-state index contributed by atoms with van der Waals surface area (Å²) in [6.45, 7) is -2.92. The molecular weight excluding hydrogens is 244 g/mol. The van der Waals surface area contributed by atoms with Gasteiger partial charge in [0.2, 0.25) is 5.71 Å². The Balaban J connectivity index is 2.80. The van der Waals surface area contributed by atoms with E-state index in [1.165, 1.54) is 24.3 Å². The molecule has 0 spiro atoms. The Bertz CT molecular complexity index is 509. The molecule has 0 aromatic heterocycles. The van der Waals surface area contributed by atoms with Gasteiger partial charge >= 0.3 is 6.61 Å². The van der Waals surface area contributed by atoms with E-state index in [0.717, 1.165) is 0 Å². The van der Waals surface area contributed by atoms with Crippen LogP contribution in [0.25, 0.3) is 0 Å². The van der Waals surface area contributed by atoms with Crippen LogP contribution in [0.2, 0.25) is 0 Å². The topological polar surface area (TPSA) is 107 Å². The van der Waals surface area contributed by atoms with Crippen molar-refractivity contribution in [3.63, 3.8) is 0 Å². The number of benzene rings is 1. The second kappa shape index (κ2) is 6.15. The summed E-state index contributed by atoms with van der Waals surface area (Å²) in [7, 11) is 0. The SMILES string of the molecule is N#C/C(=N\Nc1cccc(OC(F)F)c1)C(=N)N. The average Bonchev–Trinajstić information content (AvgIpc) is 2.29. The number of hydrogen-bond acceptors (Lipinski definition) is 5. The number of rotatable bonds is 5. The van der Waals surface area contributed by atoms with Gasteiger partial charge in [-0.3, -0.25) is 10.8 Å². The molecule has 94 valence electrons. The Kier molecular flexibility index (Phi) is 4.57. The van der Waals surface area contributed by atoms with Gasteiger partial charge in [-0.2, -0.15) is 19.1 Å². The molecule has 0 unspecified atom stereocenters. The minimum Gasteiger partial charge on any atom is -0.435 e. The summed E-state index contributed by atoms with van der Waals surface area (Å²) >= 11 is 0. The van der Waals surface area contributed by atoms with Crippen LogP contribution in [-0.2, 0) is 0 Å². The maximum Gasteiger partial charge on any atom is 0.387 e. The van der Waals surface area contributed by atoms with Gasteiger partial charge in [0.25, 0.3) is 0 Å². The van der Waals surface area contributed by atoms with Gasteiger partial charge in [0.05, 0.1) is 5.69 Å². The van der Waals surface area contributed by atoms with E-state index in [4.69, 9.17) is 16.4 Å². The third kappa shape index (κ3) is 4.05. The number of hydrazone groups is 1. The fraction of sp³-hybridized carbons (Fsp3) is 0.100. The number of halogens is 2. The summed E-state index contributed by atoms with van der Waals surface area (Å²) in [6, 6.07) is 7.21. The maximum atomic E-state index is 12.0. The van der Waals surface area contributed by atoms with Crippen molar-refractivity contribution in [3.8, 4) is 11.8 Å². The Hall–Kier alpha value is -2.69. The Morgan fingerprint density at radius 3 is 2.83 bits per heavy atom. The highest BCUT2D eigenvalue weighted by molar-refractivity contribution is 6.45. The van der Waals surface area contributed by atoms with Crippen LogP contribution in [0.3, 0.4) is 0 Å². The van der Waals surface area contributed by atoms with Crippen molar-refractivity contribution < 1.29 is 13.5 Å². The molecule has 0 atom stereocenters. The zero-order valence-electron chi connectivity index (χ0n) is 9.02. The molecule has 4 N–H and O–H groups in total. The van der Waals surface area contributed by atoms with E-state index in [1.807, 2.05) is 0 Å². The number of alkyl halides is 2. The van der Waals surface area contributed by atoms with Crippen molar-refractivity contribution in [1.29, 1.82) is 10.7 Å². The lowest BCUT2D eigenvalue weighted by atomic mass is 10.3. The molecule has 0 aliphatic rings. The minimum atomic E-state index is -2.92. The van der Waals surface area contributed by atoms with Gasteiger partial charge in [0.1, 0.15) is 11.8 Å². The molecule has 6 nitrogen and oxygen atoms in total. The highest BCUT2D eigenvalue weighted by Gasteiger charge is 2.05. The zero-order chi connectivity index (χ0) is 13.5. The van der Waals surface area contributed by atoms with E-state index < -0.39 is 12.4 Å². The largest absolute Gasteiger partial charge is 0.435 e. The first-order chi connectivity index (χ1) is 8.52. The summed E-state index contributed by atoms with van der Waals surface area (Å²) in [6.07, 6.45) is 0. The summed E-state index contributed by atoms with van der Waals surface area (Å²) in [5.74, 6) is -0.545. The number of nitrogens with two attached hydrogens (primary N) is 1. The smallest absolute Gasteiger partial charge is 0.387 e. The predicted octanol–water partition coefficient (Wildman–Crippen LogP) is 1.52. The number of nitrogens with zero attached hydrogens (tertiary/aromatic N) is 2. The molecule has 0 saturated heterocycles. The van der Waals surface area contributed by atoms with E-state index in [9.17, 15) is 8.78 Å². The van der Waals surface area contributed by atoms with Crippen LogP contribution in [0, 0.1) is 16.7 Å². The standard InChI is InChI=1S/C10H9F2N5O/c11-10(12)18-7-3-1-2-6(4-7)16-17-8(5-13)9(14)15/h1-4,10,16H,(H3,14,15)/b17-8+. The third-order valence-electron chi connectivity index (χ3n) is 1.72. The van der Waals surface area contributed by atoms with Gasteiger partial charge < -0.3 is 10.5 Å². The summed E-state index contributed by atoms with van der Waals surface area (Å²) in [5.41, 5.74) is 7.50. The van der Waals surface area contributed by atoms with Crippen LogP contribution in [0.4, 0.5) is 14.5 Å². The van der Waals surface area contributed by atoms with Gasteiger partial charge in [-0.05, 0) is 12.1 Å². The third-order valence-corrected chi connectivity index (χ3v) is 1.72. The first-order valence-electron chi connectivity index (χ1n) is 4.66. The summed E-state index contributed by atoms with van der Waals surface area (Å²) in [5, 5.41) is 19.1. The molecule has 1 aromatic carbocycles. The fourth-order valence-electron chi connectivity index (χ4n) is 1.01. The molecule has 0 aliphatic carbocycles. The molecule has 0 saturated carbocycles. The molecular formula is C10H9F2N5O. The van der Waals surface area contributed by atoms with E-state index in [0.29, 0.717) is 5.69 Å².